The lowest BCUT2D eigenvalue weighted by Gasteiger charge is -2.06. The fourth-order valence-electron chi connectivity index (χ4n) is 1.40. The van der Waals surface area contributed by atoms with Gasteiger partial charge in [0.25, 0.3) is 0 Å². The minimum absolute atomic E-state index is 0.0428. The maximum Gasteiger partial charge on any atom is 0.491 e. The molecule has 0 saturated carbocycles. The zero-order valence-corrected chi connectivity index (χ0v) is 7.88. The number of benzene rings is 1. The molecule has 0 saturated heterocycles. The van der Waals surface area contributed by atoms with Gasteiger partial charge < -0.3 is 15.8 Å². The summed E-state index contributed by atoms with van der Waals surface area (Å²) in [6.45, 7) is 0. The van der Waals surface area contributed by atoms with Gasteiger partial charge in [-0.1, -0.05) is 0 Å². The number of nitrogen functional groups attached to an aromatic ring is 1. The third-order valence-electron chi connectivity index (χ3n) is 2.05. The molecule has 0 unspecified atom stereocenters. The Morgan fingerprint density at radius 2 is 2.14 bits per heavy atom. The molecule has 4 N–H and O–H groups in total. The van der Waals surface area contributed by atoms with Gasteiger partial charge in [0.05, 0.1) is 5.69 Å². The smallest absolute Gasteiger partial charge is 0.423 e. The average molecular weight is 211 g/mol. The summed E-state index contributed by atoms with van der Waals surface area (Å²) in [5, 5.41) is 20.5. The fraction of sp³-hybridized carbons (Fsp3) is 0. The fourth-order valence-corrected chi connectivity index (χ4v) is 2.23. The van der Waals surface area contributed by atoms with Gasteiger partial charge in [0, 0.05) is 10.2 Å². The molecule has 1 heterocycles. The van der Waals surface area contributed by atoms with Crippen LogP contribution in [0.25, 0.3) is 10.1 Å². The largest absolute Gasteiger partial charge is 0.491 e. The quantitative estimate of drug-likeness (QED) is 0.469. The van der Waals surface area contributed by atoms with E-state index in [9.17, 15) is 4.39 Å². The number of hydrogen-bond donors (Lipinski definition) is 3. The lowest BCUT2D eigenvalue weighted by atomic mass is 9.77. The van der Waals surface area contributed by atoms with E-state index in [0.29, 0.717) is 10.1 Å². The molecule has 0 aliphatic heterocycles. The van der Waals surface area contributed by atoms with Crippen molar-refractivity contribution in [2.24, 2.45) is 0 Å². The van der Waals surface area contributed by atoms with Gasteiger partial charge in [-0.2, -0.15) is 0 Å². The molecule has 0 spiro atoms. The highest BCUT2D eigenvalue weighted by molar-refractivity contribution is 7.17. The van der Waals surface area contributed by atoms with Gasteiger partial charge in [0.1, 0.15) is 5.82 Å². The number of rotatable bonds is 1. The monoisotopic (exact) mass is 211 g/mol. The van der Waals surface area contributed by atoms with E-state index in [2.05, 4.69) is 0 Å². The van der Waals surface area contributed by atoms with Crippen LogP contribution in [0.5, 0.6) is 0 Å². The van der Waals surface area contributed by atoms with Crippen molar-refractivity contribution in [3.63, 3.8) is 0 Å². The van der Waals surface area contributed by atoms with Gasteiger partial charge in [0.2, 0.25) is 0 Å². The zero-order valence-electron chi connectivity index (χ0n) is 7.07. The molecule has 1 aromatic heterocycles. The van der Waals surface area contributed by atoms with Crippen molar-refractivity contribution >= 4 is 39.7 Å². The Balaban J connectivity index is 2.86. The predicted molar refractivity (Wildman–Crippen MR) is 56.0 cm³/mol. The highest BCUT2D eigenvalue weighted by Gasteiger charge is 2.21. The molecule has 2 rings (SSSR count). The third-order valence-corrected chi connectivity index (χ3v) is 2.91. The molecule has 0 amide bonds. The van der Waals surface area contributed by atoms with Crippen molar-refractivity contribution in [1.82, 2.24) is 0 Å². The molecule has 0 atom stereocenters. The summed E-state index contributed by atoms with van der Waals surface area (Å²) < 4.78 is 13.9. The van der Waals surface area contributed by atoms with E-state index in [1.165, 1.54) is 17.4 Å². The summed E-state index contributed by atoms with van der Waals surface area (Å²) in [6, 6.07) is 2.98. The normalized spacial score (nSPS) is 10.8. The van der Waals surface area contributed by atoms with Crippen LogP contribution in [0.15, 0.2) is 17.5 Å². The van der Waals surface area contributed by atoms with Crippen LogP contribution in [0.2, 0.25) is 0 Å². The highest BCUT2D eigenvalue weighted by atomic mass is 32.1. The summed E-state index contributed by atoms with van der Waals surface area (Å²) in [4.78, 5) is 0. The van der Waals surface area contributed by atoms with Crippen molar-refractivity contribution in [3.05, 3.63) is 23.3 Å². The molecular formula is C8H7BFNO2S. The summed E-state index contributed by atoms with van der Waals surface area (Å²) in [5.74, 6) is -0.622. The van der Waals surface area contributed by atoms with Crippen LogP contribution in [0.1, 0.15) is 0 Å². The van der Waals surface area contributed by atoms with Gasteiger partial charge in [-0.25, -0.2) is 4.39 Å². The van der Waals surface area contributed by atoms with Crippen LogP contribution in [-0.4, -0.2) is 17.2 Å². The lowest BCUT2D eigenvalue weighted by molar-refractivity contribution is 0.426. The number of anilines is 1. The van der Waals surface area contributed by atoms with Crippen molar-refractivity contribution < 1.29 is 14.4 Å². The van der Waals surface area contributed by atoms with Gasteiger partial charge >= 0.3 is 7.12 Å². The molecule has 0 aliphatic rings. The Hall–Kier alpha value is -1.11. The van der Waals surface area contributed by atoms with E-state index in [1.54, 1.807) is 11.4 Å². The van der Waals surface area contributed by atoms with Crippen LogP contribution in [0, 0.1) is 5.82 Å². The minimum Gasteiger partial charge on any atom is -0.423 e. The lowest BCUT2D eigenvalue weighted by Crippen LogP contribution is -2.33. The maximum atomic E-state index is 13.2. The first-order valence-electron chi connectivity index (χ1n) is 3.92. The standard InChI is InChI=1S/C8H7BFNO2S/c10-5-3-6-4(1-2-14-6)7(8(5)11)9(12)13/h1-3,12-13H,11H2. The molecule has 1 aromatic carbocycles. The minimum atomic E-state index is -1.75. The van der Waals surface area contributed by atoms with Gasteiger partial charge in [-0.05, 0) is 22.9 Å². The van der Waals surface area contributed by atoms with E-state index in [0.717, 1.165) is 0 Å². The Kier molecular flexibility index (Phi) is 2.18. The van der Waals surface area contributed by atoms with Crippen LogP contribution in [0.4, 0.5) is 10.1 Å². The summed E-state index contributed by atoms with van der Waals surface area (Å²) in [6.07, 6.45) is 0. The number of fused-ring (bicyclic) bond motifs is 1. The number of nitrogens with two attached hydrogens (primary N) is 1. The molecule has 0 bridgehead atoms. The first kappa shape index (κ1) is 9.45. The number of thiophene rings is 1. The van der Waals surface area contributed by atoms with Crippen LogP contribution in [-0.2, 0) is 0 Å². The maximum absolute atomic E-state index is 13.2. The SMILES string of the molecule is Nc1c(F)cc2sccc2c1B(O)O. The summed E-state index contributed by atoms with van der Waals surface area (Å²) in [5.41, 5.74) is 5.26. The van der Waals surface area contributed by atoms with Crippen molar-refractivity contribution in [3.8, 4) is 0 Å². The van der Waals surface area contributed by atoms with E-state index in [-0.39, 0.29) is 11.2 Å². The van der Waals surface area contributed by atoms with Gasteiger partial charge in [0.15, 0.2) is 0 Å². The summed E-state index contributed by atoms with van der Waals surface area (Å²) >= 11 is 1.32. The number of halogens is 1. The third kappa shape index (κ3) is 1.28. The van der Waals surface area contributed by atoms with Gasteiger partial charge in [-0.3, -0.25) is 0 Å². The predicted octanol–water partition coefficient (Wildman–Crippen LogP) is 0.302. The molecule has 2 aromatic rings. The molecule has 0 radical (unpaired) electrons. The molecular weight excluding hydrogens is 204 g/mol. The molecule has 0 aliphatic carbocycles. The van der Waals surface area contributed by atoms with Crippen molar-refractivity contribution in [2.45, 2.75) is 0 Å². The molecule has 72 valence electrons. The van der Waals surface area contributed by atoms with Gasteiger partial charge in [-0.15, -0.1) is 11.3 Å². The van der Waals surface area contributed by atoms with Crippen molar-refractivity contribution in [2.75, 3.05) is 5.73 Å². The average Bonchev–Trinajstić information content (AvgIpc) is 2.52. The first-order valence-corrected chi connectivity index (χ1v) is 4.80. The Labute approximate surface area is 83.7 Å². The topological polar surface area (TPSA) is 66.5 Å². The molecule has 3 nitrogen and oxygen atoms in total. The highest BCUT2D eigenvalue weighted by Crippen LogP contribution is 2.23. The second kappa shape index (κ2) is 3.23. The molecule has 6 heteroatoms. The van der Waals surface area contributed by atoms with Crippen LogP contribution in [0.3, 0.4) is 0 Å². The second-order valence-electron chi connectivity index (χ2n) is 2.89. The number of hydrogen-bond acceptors (Lipinski definition) is 4. The van der Waals surface area contributed by atoms with E-state index >= 15 is 0 Å². The molecule has 14 heavy (non-hydrogen) atoms. The Morgan fingerprint density at radius 3 is 2.79 bits per heavy atom. The summed E-state index contributed by atoms with van der Waals surface area (Å²) in [7, 11) is -1.75. The Bertz CT molecular complexity index is 485. The van der Waals surface area contributed by atoms with Crippen LogP contribution >= 0.6 is 11.3 Å². The first-order chi connectivity index (χ1) is 6.61. The Morgan fingerprint density at radius 1 is 1.43 bits per heavy atom. The molecule has 0 fully saturated rings. The van der Waals surface area contributed by atoms with E-state index in [1.807, 2.05) is 0 Å². The van der Waals surface area contributed by atoms with Crippen LogP contribution < -0.4 is 11.2 Å². The van der Waals surface area contributed by atoms with E-state index in [4.69, 9.17) is 15.8 Å². The second-order valence-corrected chi connectivity index (χ2v) is 3.84. The zero-order chi connectivity index (χ0) is 10.3. The van der Waals surface area contributed by atoms with Crippen molar-refractivity contribution in [1.29, 1.82) is 0 Å². The van der Waals surface area contributed by atoms with E-state index < -0.39 is 12.9 Å².